The molecule has 0 saturated heterocycles. The average molecular weight is 352 g/mol. The maximum absolute atomic E-state index is 13.5. The van der Waals surface area contributed by atoms with E-state index in [2.05, 4.69) is 4.72 Å². The Hall–Kier alpha value is -2.19. The molecule has 1 heterocycles. The van der Waals surface area contributed by atoms with Crippen LogP contribution in [0, 0.1) is 12.7 Å². The highest BCUT2D eigenvalue weighted by molar-refractivity contribution is 7.92. The van der Waals surface area contributed by atoms with E-state index < -0.39 is 15.8 Å². The smallest absolute Gasteiger partial charge is 0.302 e. The second-order valence-electron chi connectivity index (χ2n) is 5.13. The molecule has 5 nitrogen and oxygen atoms in total. The number of anilines is 1. The summed E-state index contributed by atoms with van der Waals surface area (Å²) < 4.78 is 42.8. The first-order chi connectivity index (χ1) is 10.8. The number of benzene rings is 2. The van der Waals surface area contributed by atoms with Gasteiger partial charge in [-0.3, -0.25) is 9.52 Å². The van der Waals surface area contributed by atoms with Crippen molar-refractivity contribution in [3.8, 4) is 0 Å². The summed E-state index contributed by atoms with van der Waals surface area (Å²) in [6.07, 6.45) is 0. The molecule has 0 bridgehead atoms. The Bertz CT molecular complexity index is 1070. The van der Waals surface area contributed by atoms with Gasteiger partial charge in [0.15, 0.2) is 0 Å². The van der Waals surface area contributed by atoms with Crippen LogP contribution in [0.25, 0.3) is 10.2 Å². The van der Waals surface area contributed by atoms with Gasteiger partial charge in [-0.1, -0.05) is 17.4 Å². The van der Waals surface area contributed by atoms with Crippen LogP contribution >= 0.6 is 11.3 Å². The van der Waals surface area contributed by atoms with Crippen LogP contribution in [-0.2, 0) is 17.1 Å². The number of aromatic nitrogens is 1. The van der Waals surface area contributed by atoms with Crippen LogP contribution in [0.5, 0.6) is 0 Å². The lowest BCUT2D eigenvalue weighted by Gasteiger charge is -2.09. The summed E-state index contributed by atoms with van der Waals surface area (Å²) in [7, 11) is -2.23. The molecule has 8 heteroatoms. The number of nitrogens with zero attached hydrogens (tertiary/aromatic N) is 1. The molecule has 1 aromatic heterocycles. The van der Waals surface area contributed by atoms with Crippen LogP contribution in [0.2, 0.25) is 0 Å². The predicted octanol–water partition coefficient (Wildman–Crippen LogP) is 2.85. The van der Waals surface area contributed by atoms with E-state index in [0.29, 0.717) is 15.8 Å². The first kappa shape index (κ1) is 15.7. The van der Waals surface area contributed by atoms with E-state index in [1.54, 1.807) is 20.0 Å². The Labute approximate surface area is 136 Å². The number of thiazole rings is 1. The van der Waals surface area contributed by atoms with Gasteiger partial charge in [-0.25, -0.2) is 12.8 Å². The first-order valence-electron chi connectivity index (χ1n) is 6.66. The average Bonchev–Trinajstić information content (AvgIpc) is 2.77. The molecule has 0 aliphatic carbocycles. The van der Waals surface area contributed by atoms with Gasteiger partial charge < -0.3 is 4.57 Å². The zero-order chi connectivity index (χ0) is 16.8. The lowest BCUT2D eigenvalue weighted by Crippen LogP contribution is -2.13. The van der Waals surface area contributed by atoms with Crippen LogP contribution in [0.4, 0.5) is 10.1 Å². The van der Waals surface area contributed by atoms with Crippen LogP contribution in [0.3, 0.4) is 0 Å². The van der Waals surface area contributed by atoms with E-state index in [1.807, 2.05) is 0 Å². The topological polar surface area (TPSA) is 68.2 Å². The van der Waals surface area contributed by atoms with Crippen molar-refractivity contribution in [3.05, 3.63) is 57.4 Å². The molecule has 0 unspecified atom stereocenters. The van der Waals surface area contributed by atoms with Gasteiger partial charge in [-0.2, -0.15) is 0 Å². The Balaban J connectivity index is 2.01. The third-order valence-electron chi connectivity index (χ3n) is 3.50. The van der Waals surface area contributed by atoms with Crippen molar-refractivity contribution in [2.24, 2.45) is 7.05 Å². The monoisotopic (exact) mass is 352 g/mol. The minimum Gasteiger partial charge on any atom is -0.302 e. The molecular weight excluding hydrogens is 339 g/mol. The Morgan fingerprint density at radius 3 is 2.61 bits per heavy atom. The van der Waals surface area contributed by atoms with E-state index in [1.165, 1.54) is 28.8 Å². The van der Waals surface area contributed by atoms with Crippen LogP contribution in [0.1, 0.15) is 5.56 Å². The highest BCUT2D eigenvalue weighted by Gasteiger charge is 2.17. The highest BCUT2D eigenvalue weighted by Crippen LogP contribution is 2.23. The highest BCUT2D eigenvalue weighted by atomic mass is 32.2. The fraction of sp³-hybridized carbons (Fsp3) is 0.133. The summed E-state index contributed by atoms with van der Waals surface area (Å²) in [6.45, 7) is 1.60. The molecule has 0 amide bonds. The third-order valence-corrected chi connectivity index (χ3v) is 5.87. The van der Waals surface area contributed by atoms with Gasteiger partial charge in [0.25, 0.3) is 10.0 Å². The van der Waals surface area contributed by atoms with Crippen molar-refractivity contribution < 1.29 is 12.8 Å². The summed E-state index contributed by atoms with van der Waals surface area (Å²) in [6, 6.07) is 8.56. The number of sulfonamides is 1. The van der Waals surface area contributed by atoms with Crippen molar-refractivity contribution >= 4 is 37.3 Å². The molecule has 1 N–H and O–H groups in total. The van der Waals surface area contributed by atoms with E-state index in [4.69, 9.17) is 0 Å². The van der Waals surface area contributed by atoms with E-state index >= 15 is 0 Å². The van der Waals surface area contributed by atoms with Gasteiger partial charge in [-0.15, -0.1) is 0 Å². The predicted molar refractivity (Wildman–Crippen MR) is 89.0 cm³/mol. The van der Waals surface area contributed by atoms with Crippen LogP contribution < -0.4 is 9.60 Å². The van der Waals surface area contributed by atoms with Gasteiger partial charge in [0, 0.05) is 7.05 Å². The quantitative estimate of drug-likeness (QED) is 0.788. The van der Waals surface area contributed by atoms with Gasteiger partial charge in [0.1, 0.15) is 5.82 Å². The second-order valence-corrected chi connectivity index (χ2v) is 7.80. The van der Waals surface area contributed by atoms with Crippen molar-refractivity contribution in [3.63, 3.8) is 0 Å². The van der Waals surface area contributed by atoms with Gasteiger partial charge >= 0.3 is 4.87 Å². The molecular formula is C15H13FN2O3S2. The molecule has 3 aromatic rings. The molecule has 0 aliphatic rings. The summed E-state index contributed by atoms with van der Waals surface area (Å²) in [5.74, 6) is -0.484. The van der Waals surface area contributed by atoms with Crippen molar-refractivity contribution in [2.45, 2.75) is 11.8 Å². The molecule has 0 saturated carbocycles. The largest absolute Gasteiger partial charge is 0.307 e. The normalized spacial score (nSPS) is 11.8. The minimum absolute atomic E-state index is 0.0211. The van der Waals surface area contributed by atoms with Gasteiger partial charge in [-0.05, 0) is 42.8 Å². The Morgan fingerprint density at radius 1 is 1.17 bits per heavy atom. The SMILES string of the molecule is Cc1ccc(NS(=O)(=O)c2ccc3c(c2)sc(=O)n3C)cc1F. The Kier molecular flexibility index (Phi) is 3.73. The van der Waals surface area contributed by atoms with Crippen molar-refractivity contribution in [1.82, 2.24) is 4.57 Å². The summed E-state index contributed by atoms with van der Waals surface area (Å²) in [5.41, 5.74) is 1.25. The van der Waals surface area contributed by atoms with Crippen molar-refractivity contribution in [1.29, 1.82) is 0 Å². The zero-order valence-corrected chi connectivity index (χ0v) is 14.0. The zero-order valence-electron chi connectivity index (χ0n) is 12.3. The standard InChI is InChI=1S/C15H13FN2O3S2/c1-9-3-4-10(7-12(9)16)17-23(20,21)11-5-6-13-14(8-11)22-15(19)18(13)2/h3-8,17H,1-2H3. The minimum atomic E-state index is -3.86. The number of hydrogen-bond acceptors (Lipinski definition) is 4. The third kappa shape index (κ3) is 2.87. The first-order valence-corrected chi connectivity index (χ1v) is 8.96. The number of rotatable bonds is 3. The lowest BCUT2D eigenvalue weighted by atomic mass is 10.2. The molecule has 23 heavy (non-hydrogen) atoms. The fourth-order valence-corrected chi connectivity index (χ4v) is 4.22. The van der Waals surface area contributed by atoms with Crippen molar-refractivity contribution in [2.75, 3.05) is 4.72 Å². The summed E-state index contributed by atoms with van der Waals surface area (Å²) >= 11 is 0.975. The van der Waals surface area contributed by atoms with Gasteiger partial charge in [0.05, 0.1) is 20.8 Å². The number of nitrogens with one attached hydrogen (secondary N) is 1. The molecule has 0 atom stereocenters. The molecule has 0 radical (unpaired) electrons. The second kappa shape index (κ2) is 5.47. The van der Waals surface area contributed by atoms with Crippen LogP contribution in [0.15, 0.2) is 46.1 Å². The maximum Gasteiger partial charge on any atom is 0.307 e. The molecule has 120 valence electrons. The molecule has 3 rings (SSSR count). The number of hydrogen-bond donors (Lipinski definition) is 1. The number of fused-ring (bicyclic) bond motifs is 1. The summed E-state index contributed by atoms with van der Waals surface area (Å²) in [4.78, 5) is 11.5. The molecule has 2 aromatic carbocycles. The molecule has 0 spiro atoms. The van der Waals surface area contributed by atoms with E-state index in [-0.39, 0.29) is 15.5 Å². The van der Waals surface area contributed by atoms with E-state index in [9.17, 15) is 17.6 Å². The van der Waals surface area contributed by atoms with Gasteiger partial charge in [0.2, 0.25) is 0 Å². The lowest BCUT2D eigenvalue weighted by molar-refractivity contribution is 0.601. The molecule has 0 aliphatic heterocycles. The molecule has 0 fully saturated rings. The fourth-order valence-electron chi connectivity index (χ4n) is 2.15. The maximum atomic E-state index is 13.5. The summed E-state index contributed by atoms with van der Waals surface area (Å²) in [5, 5.41) is 0. The number of halogens is 1. The Morgan fingerprint density at radius 2 is 1.91 bits per heavy atom. The number of aryl methyl sites for hydroxylation is 2. The van der Waals surface area contributed by atoms with E-state index in [0.717, 1.165) is 17.4 Å². The van der Waals surface area contributed by atoms with Crippen LogP contribution in [-0.4, -0.2) is 13.0 Å².